The van der Waals surface area contributed by atoms with E-state index in [2.05, 4.69) is 4.90 Å². The summed E-state index contributed by atoms with van der Waals surface area (Å²) >= 11 is 0. The summed E-state index contributed by atoms with van der Waals surface area (Å²) in [5.41, 5.74) is 0. The Morgan fingerprint density at radius 1 is 1.18 bits per heavy atom. The fraction of sp³-hybridized carbons (Fsp3) is 0.889. The van der Waals surface area contributed by atoms with E-state index in [4.69, 9.17) is 0 Å². The molecule has 0 aromatic carbocycles. The fourth-order valence-electron chi connectivity index (χ4n) is 2.11. The Morgan fingerprint density at radius 2 is 1.91 bits per heavy atom. The van der Waals surface area contributed by atoms with Crippen LogP contribution in [0.2, 0.25) is 0 Å². The third-order valence-electron chi connectivity index (χ3n) is 2.90. The smallest absolute Gasteiger partial charge is 0.224 e. The fourth-order valence-corrected chi connectivity index (χ4v) is 2.11. The zero-order chi connectivity index (χ0) is 7.68. The largest absolute Gasteiger partial charge is 0.339 e. The van der Waals surface area contributed by atoms with Gasteiger partial charge in [0.2, 0.25) is 5.91 Å². The van der Waals surface area contributed by atoms with Crippen LogP contribution in [0.25, 0.3) is 0 Å². The molecular formula is C9H15NO. The van der Waals surface area contributed by atoms with Crippen molar-refractivity contribution >= 4 is 5.91 Å². The molecule has 0 bridgehead atoms. The molecule has 0 aromatic heterocycles. The lowest BCUT2D eigenvalue weighted by Gasteiger charge is -2.40. The molecular weight excluding hydrogens is 138 g/mol. The highest BCUT2D eigenvalue weighted by atomic mass is 16.2. The predicted molar refractivity (Wildman–Crippen MR) is 43.2 cm³/mol. The van der Waals surface area contributed by atoms with Crippen molar-refractivity contribution in [3.05, 3.63) is 0 Å². The molecule has 1 aliphatic heterocycles. The van der Waals surface area contributed by atoms with E-state index >= 15 is 0 Å². The highest BCUT2D eigenvalue weighted by Crippen LogP contribution is 2.26. The quantitative estimate of drug-likeness (QED) is 0.523. The Labute approximate surface area is 67.6 Å². The maximum Gasteiger partial charge on any atom is 0.224 e. The first-order valence-electron chi connectivity index (χ1n) is 4.67. The van der Waals surface area contributed by atoms with Crippen molar-refractivity contribution in [2.24, 2.45) is 0 Å². The molecule has 2 rings (SSSR count). The average Bonchev–Trinajstić information content (AvgIpc) is 2.04. The van der Waals surface area contributed by atoms with E-state index in [0.29, 0.717) is 11.9 Å². The molecule has 62 valence electrons. The van der Waals surface area contributed by atoms with Gasteiger partial charge in [-0.25, -0.2) is 0 Å². The Hall–Kier alpha value is -0.530. The number of amides is 1. The minimum atomic E-state index is 0.386. The first kappa shape index (κ1) is 7.14. The molecule has 1 heterocycles. The van der Waals surface area contributed by atoms with Crippen LogP contribution >= 0.6 is 0 Å². The van der Waals surface area contributed by atoms with Crippen molar-refractivity contribution in [2.75, 3.05) is 6.54 Å². The van der Waals surface area contributed by atoms with Crippen molar-refractivity contribution in [3.63, 3.8) is 0 Å². The van der Waals surface area contributed by atoms with Crippen LogP contribution in [-0.4, -0.2) is 23.4 Å². The van der Waals surface area contributed by atoms with Crippen LogP contribution in [0.4, 0.5) is 0 Å². The van der Waals surface area contributed by atoms with Gasteiger partial charge in [0.15, 0.2) is 0 Å². The molecule has 2 nitrogen and oxygen atoms in total. The molecule has 2 fully saturated rings. The van der Waals surface area contributed by atoms with Gasteiger partial charge in [0.25, 0.3) is 0 Å². The molecule has 0 N–H and O–H groups in total. The third-order valence-corrected chi connectivity index (χ3v) is 2.90. The molecule has 1 aliphatic carbocycles. The first-order valence-corrected chi connectivity index (χ1v) is 4.67. The molecule has 0 aromatic rings. The minimum absolute atomic E-state index is 0.386. The number of rotatable bonds is 1. The minimum Gasteiger partial charge on any atom is -0.339 e. The molecule has 1 saturated carbocycles. The number of β-lactam (4-membered cyclic amide) rings is 1. The summed E-state index contributed by atoms with van der Waals surface area (Å²) in [5, 5.41) is 0. The highest BCUT2D eigenvalue weighted by Gasteiger charge is 2.31. The molecule has 11 heavy (non-hydrogen) atoms. The molecule has 2 heteroatoms. The standard InChI is InChI=1S/C9H15NO/c11-9-6-7-10(9)8-4-2-1-3-5-8/h8H,1-7H2. The summed E-state index contributed by atoms with van der Waals surface area (Å²) in [4.78, 5) is 13.1. The number of likely N-dealkylation sites (tertiary alicyclic amines) is 1. The summed E-state index contributed by atoms with van der Waals surface area (Å²) in [6.45, 7) is 1.03. The molecule has 0 spiro atoms. The average molecular weight is 153 g/mol. The van der Waals surface area contributed by atoms with Gasteiger partial charge < -0.3 is 4.90 Å². The predicted octanol–water partition coefficient (Wildman–Crippen LogP) is 1.55. The van der Waals surface area contributed by atoms with Crippen LogP contribution in [0.3, 0.4) is 0 Å². The van der Waals surface area contributed by atoms with Crippen LogP contribution < -0.4 is 0 Å². The van der Waals surface area contributed by atoms with Crippen molar-refractivity contribution in [1.29, 1.82) is 0 Å². The number of hydrogen-bond acceptors (Lipinski definition) is 1. The summed E-state index contributed by atoms with van der Waals surface area (Å²) in [5.74, 6) is 0.386. The van der Waals surface area contributed by atoms with Crippen LogP contribution in [0, 0.1) is 0 Å². The highest BCUT2D eigenvalue weighted by molar-refractivity contribution is 5.81. The second-order valence-electron chi connectivity index (χ2n) is 3.63. The van der Waals surface area contributed by atoms with Crippen molar-refractivity contribution < 1.29 is 4.79 Å². The van der Waals surface area contributed by atoms with E-state index in [1.807, 2.05) is 0 Å². The maximum atomic E-state index is 11.1. The second kappa shape index (κ2) is 2.84. The van der Waals surface area contributed by atoms with Crippen LogP contribution in [0.15, 0.2) is 0 Å². The van der Waals surface area contributed by atoms with E-state index in [0.717, 1.165) is 13.0 Å². The normalized spacial score (nSPS) is 26.9. The van der Waals surface area contributed by atoms with Gasteiger partial charge in [-0.3, -0.25) is 4.79 Å². The Kier molecular flexibility index (Phi) is 1.84. The van der Waals surface area contributed by atoms with Gasteiger partial charge in [-0.15, -0.1) is 0 Å². The Balaban J connectivity index is 1.88. The lowest BCUT2D eigenvalue weighted by atomic mass is 9.92. The third kappa shape index (κ3) is 1.26. The molecule has 0 atom stereocenters. The zero-order valence-corrected chi connectivity index (χ0v) is 6.88. The van der Waals surface area contributed by atoms with Gasteiger partial charge in [-0.2, -0.15) is 0 Å². The van der Waals surface area contributed by atoms with Gasteiger partial charge in [-0.05, 0) is 12.8 Å². The molecule has 0 radical (unpaired) electrons. The zero-order valence-electron chi connectivity index (χ0n) is 6.88. The molecule has 1 saturated heterocycles. The maximum absolute atomic E-state index is 11.1. The number of nitrogens with zero attached hydrogens (tertiary/aromatic N) is 1. The number of hydrogen-bond donors (Lipinski definition) is 0. The van der Waals surface area contributed by atoms with E-state index < -0.39 is 0 Å². The monoisotopic (exact) mass is 153 g/mol. The topological polar surface area (TPSA) is 20.3 Å². The van der Waals surface area contributed by atoms with E-state index in [-0.39, 0.29) is 0 Å². The molecule has 1 amide bonds. The van der Waals surface area contributed by atoms with Crippen molar-refractivity contribution in [2.45, 2.75) is 44.6 Å². The van der Waals surface area contributed by atoms with Crippen molar-refractivity contribution in [3.8, 4) is 0 Å². The number of carbonyl (C=O) groups is 1. The van der Waals surface area contributed by atoms with Crippen LogP contribution in [0.5, 0.6) is 0 Å². The summed E-state index contributed by atoms with van der Waals surface area (Å²) in [6, 6.07) is 0.616. The number of carbonyl (C=O) groups excluding carboxylic acids is 1. The van der Waals surface area contributed by atoms with Crippen LogP contribution in [0.1, 0.15) is 38.5 Å². The summed E-state index contributed by atoms with van der Waals surface area (Å²) in [7, 11) is 0. The molecule has 0 unspecified atom stereocenters. The SMILES string of the molecule is O=C1CCN1C1CCCCC1. The lowest BCUT2D eigenvalue weighted by Crippen LogP contribution is -2.50. The van der Waals surface area contributed by atoms with Crippen molar-refractivity contribution in [1.82, 2.24) is 4.90 Å². The first-order chi connectivity index (χ1) is 5.38. The lowest BCUT2D eigenvalue weighted by molar-refractivity contribution is -0.143. The Morgan fingerprint density at radius 3 is 2.36 bits per heavy atom. The second-order valence-corrected chi connectivity index (χ2v) is 3.63. The van der Waals surface area contributed by atoms with E-state index in [1.165, 1.54) is 32.1 Å². The molecule has 2 aliphatic rings. The Bertz CT molecular complexity index is 161. The van der Waals surface area contributed by atoms with E-state index in [9.17, 15) is 4.79 Å². The van der Waals surface area contributed by atoms with Gasteiger partial charge >= 0.3 is 0 Å². The van der Waals surface area contributed by atoms with Gasteiger partial charge in [-0.1, -0.05) is 19.3 Å². The van der Waals surface area contributed by atoms with Gasteiger partial charge in [0.1, 0.15) is 0 Å². The van der Waals surface area contributed by atoms with Crippen LogP contribution in [-0.2, 0) is 4.79 Å². The van der Waals surface area contributed by atoms with E-state index in [1.54, 1.807) is 0 Å². The summed E-state index contributed by atoms with van der Waals surface area (Å²) < 4.78 is 0. The summed E-state index contributed by atoms with van der Waals surface area (Å²) in [6.07, 6.45) is 7.34. The van der Waals surface area contributed by atoms with Gasteiger partial charge in [0.05, 0.1) is 0 Å². The van der Waals surface area contributed by atoms with Gasteiger partial charge in [0, 0.05) is 19.0 Å².